The van der Waals surface area contributed by atoms with E-state index in [9.17, 15) is 9.59 Å². The zero-order valence-electron chi connectivity index (χ0n) is 15.4. The van der Waals surface area contributed by atoms with Crippen molar-refractivity contribution >= 4 is 28.7 Å². The Hall–Kier alpha value is -2.78. The first kappa shape index (κ1) is 18.6. The highest BCUT2D eigenvalue weighted by atomic mass is 35.5. The molecule has 2 atom stereocenters. The van der Waals surface area contributed by atoms with Gasteiger partial charge in [0.15, 0.2) is 11.2 Å². The van der Waals surface area contributed by atoms with Crippen molar-refractivity contribution in [2.24, 2.45) is 0 Å². The molecule has 0 unspecified atom stereocenters. The number of ether oxygens (including phenoxy) is 1. The number of halogens is 1. The van der Waals surface area contributed by atoms with Crippen molar-refractivity contribution in [1.82, 2.24) is 29.4 Å². The molecule has 0 spiro atoms. The smallest absolute Gasteiger partial charge is 0.284 e. The fourth-order valence-corrected chi connectivity index (χ4v) is 3.47. The van der Waals surface area contributed by atoms with E-state index < -0.39 is 5.56 Å². The zero-order chi connectivity index (χ0) is 19.8. The van der Waals surface area contributed by atoms with E-state index in [1.165, 1.54) is 15.6 Å². The molecule has 1 aliphatic rings. The third-order valence-electron chi connectivity index (χ3n) is 4.58. The lowest BCUT2D eigenvalue weighted by molar-refractivity contribution is -0.143. The first-order chi connectivity index (χ1) is 13.4. The van der Waals surface area contributed by atoms with Crippen LogP contribution in [0.5, 0.6) is 0 Å². The Morgan fingerprint density at radius 3 is 2.57 bits per heavy atom. The Morgan fingerprint density at radius 2 is 1.89 bits per heavy atom. The van der Waals surface area contributed by atoms with Crippen LogP contribution in [-0.2, 0) is 16.1 Å². The first-order valence-corrected chi connectivity index (χ1v) is 9.30. The molecule has 0 bridgehead atoms. The summed E-state index contributed by atoms with van der Waals surface area (Å²) in [6, 6.07) is 6.95. The van der Waals surface area contributed by atoms with Gasteiger partial charge in [-0.1, -0.05) is 16.8 Å². The van der Waals surface area contributed by atoms with Crippen molar-refractivity contribution in [2.75, 3.05) is 13.1 Å². The number of rotatable bonds is 3. The van der Waals surface area contributed by atoms with Crippen molar-refractivity contribution in [3.63, 3.8) is 0 Å². The molecule has 1 aliphatic heterocycles. The summed E-state index contributed by atoms with van der Waals surface area (Å²) in [7, 11) is 0. The number of hydrogen-bond acceptors (Lipinski definition) is 6. The Morgan fingerprint density at radius 1 is 1.21 bits per heavy atom. The number of aromatic nitrogens is 5. The summed E-state index contributed by atoms with van der Waals surface area (Å²) in [5.41, 5.74) is 0.704. The SMILES string of the molecule is C[C@@H]1CN(C(=O)Cn2cnc3c(nnn3-c3ccc(Cl)cc3)c2=O)C[C@@H](C)O1. The fourth-order valence-electron chi connectivity index (χ4n) is 3.34. The highest BCUT2D eigenvalue weighted by Crippen LogP contribution is 2.15. The minimum absolute atomic E-state index is 0.0377. The van der Waals surface area contributed by atoms with Gasteiger partial charge in [0.05, 0.1) is 17.9 Å². The summed E-state index contributed by atoms with van der Waals surface area (Å²) in [5.74, 6) is -0.157. The van der Waals surface area contributed by atoms with E-state index in [1.807, 2.05) is 13.8 Å². The number of fused-ring (bicyclic) bond motifs is 1. The molecule has 9 nitrogen and oxygen atoms in total. The summed E-state index contributed by atoms with van der Waals surface area (Å²) in [6.45, 7) is 4.74. The predicted molar refractivity (Wildman–Crippen MR) is 103 cm³/mol. The summed E-state index contributed by atoms with van der Waals surface area (Å²) in [4.78, 5) is 31.4. The van der Waals surface area contributed by atoms with E-state index in [2.05, 4.69) is 15.3 Å². The molecule has 0 N–H and O–H groups in total. The van der Waals surface area contributed by atoms with Gasteiger partial charge in [-0.25, -0.2) is 4.98 Å². The van der Waals surface area contributed by atoms with Crippen LogP contribution in [0, 0.1) is 0 Å². The second kappa shape index (κ2) is 7.33. The quantitative estimate of drug-likeness (QED) is 0.654. The molecule has 0 saturated carbocycles. The van der Waals surface area contributed by atoms with Gasteiger partial charge in [0, 0.05) is 18.1 Å². The second-order valence-corrected chi connectivity index (χ2v) is 7.32. The van der Waals surface area contributed by atoms with Gasteiger partial charge in [0.1, 0.15) is 12.9 Å². The Balaban J connectivity index is 1.61. The second-order valence-electron chi connectivity index (χ2n) is 6.88. The number of nitrogens with zero attached hydrogens (tertiary/aromatic N) is 6. The van der Waals surface area contributed by atoms with Crippen molar-refractivity contribution < 1.29 is 9.53 Å². The van der Waals surface area contributed by atoms with Gasteiger partial charge in [-0.2, -0.15) is 4.68 Å². The molecule has 4 rings (SSSR count). The van der Waals surface area contributed by atoms with Gasteiger partial charge in [-0.05, 0) is 38.1 Å². The maximum atomic E-state index is 12.8. The van der Waals surface area contributed by atoms with E-state index >= 15 is 0 Å². The summed E-state index contributed by atoms with van der Waals surface area (Å²) >= 11 is 5.91. The summed E-state index contributed by atoms with van der Waals surface area (Å²) < 4.78 is 8.37. The standard InChI is InChI=1S/C18H19ClN6O3/c1-11-7-23(8-12(2)28-11)15(26)9-24-10-20-17-16(18(24)27)21-22-25(17)14-5-3-13(19)4-6-14/h3-6,10-12H,7-9H2,1-2H3/t11-,12-/m1/s1. The number of benzene rings is 1. The number of hydrogen-bond donors (Lipinski definition) is 0. The van der Waals surface area contributed by atoms with Crippen molar-refractivity contribution in [3.05, 3.63) is 46.0 Å². The highest BCUT2D eigenvalue weighted by molar-refractivity contribution is 6.30. The third kappa shape index (κ3) is 3.50. The van der Waals surface area contributed by atoms with Crippen LogP contribution in [0.2, 0.25) is 5.02 Å². The van der Waals surface area contributed by atoms with Gasteiger partial charge in [-0.15, -0.1) is 5.10 Å². The number of carbonyl (C=O) groups is 1. The van der Waals surface area contributed by atoms with Crippen LogP contribution in [0.25, 0.3) is 16.9 Å². The first-order valence-electron chi connectivity index (χ1n) is 8.92. The largest absolute Gasteiger partial charge is 0.372 e. The van der Waals surface area contributed by atoms with Crippen LogP contribution in [0.4, 0.5) is 0 Å². The molecule has 28 heavy (non-hydrogen) atoms. The topological polar surface area (TPSA) is 95.1 Å². The Kier molecular flexibility index (Phi) is 4.86. The molecule has 0 aliphatic carbocycles. The molecule has 3 heterocycles. The predicted octanol–water partition coefficient (Wildman–Crippen LogP) is 1.27. The fraction of sp³-hybridized carbons (Fsp3) is 0.389. The monoisotopic (exact) mass is 402 g/mol. The van der Waals surface area contributed by atoms with Gasteiger partial charge in [-0.3, -0.25) is 14.2 Å². The van der Waals surface area contributed by atoms with Crippen LogP contribution in [-0.4, -0.2) is 60.6 Å². The lowest BCUT2D eigenvalue weighted by atomic mass is 10.2. The average molecular weight is 403 g/mol. The van der Waals surface area contributed by atoms with Gasteiger partial charge >= 0.3 is 0 Å². The lowest BCUT2D eigenvalue weighted by Gasteiger charge is -2.35. The maximum absolute atomic E-state index is 12.8. The molecule has 146 valence electrons. The molecule has 1 aromatic carbocycles. The van der Waals surface area contributed by atoms with Crippen LogP contribution < -0.4 is 5.56 Å². The average Bonchev–Trinajstić information content (AvgIpc) is 3.08. The van der Waals surface area contributed by atoms with Crippen LogP contribution in [0.15, 0.2) is 35.4 Å². The summed E-state index contributed by atoms with van der Waals surface area (Å²) in [6.07, 6.45) is 1.28. The molecular weight excluding hydrogens is 384 g/mol. The number of morpholine rings is 1. The van der Waals surface area contributed by atoms with Crippen LogP contribution >= 0.6 is 11.6 Å². The normalized spacial score (nSPS) is 19.9. The van der Waals surface area contributed by atoms with E-state index in [0.29, 0.717) is 29.4 Å². The third-order valence-corrected chi connectivity index (χ3v) is 4.83. The minimum atomic E-state index is -0.409. The molecule has 1 amide bonds. The van der Waals surface area contributed by atoms with Crippen molar-refractivity contribution in [2.45, 2.75) is 32.6 Å². The van der Waals surface area contributed by atoms with E-state index in [4.69, 9.17) is 16.3 Å². The van der Waals surface area contributed by atoms with E-state index in [-0.39, 0.29) is 30.2 Å². The minimum Gasteiger partial charge on any atom is -0.372 e. The molecule has 0 radical (unpaired) electrons. The van der Waals surface area contributed by atoms with Crippen molar-refractivity contribution in [3.8, 4) is 5.69 Å². The Labute approximate surface area is 165 Å². The molecule has 2 aromatic heterocycles. The van der Waals surface area contributed by atoms with E-state index in [1.54, 1.807) is 29.2 Å². The van der Waals surface area contributed by atoms with Gasteiger partial charge in [0.2, 0.25) is 5.91 Å². The molecule has 1 fully saturated rings. The zero-order valence-corrected chi connectivity index (χ0v) is 16.2. The number of amides is 1. The van der Waals surface area contributed by atoms with Crippen LogP contribution in [0.3, 0.4) is 0 Å². The summed E-state index contributed by atoms with van der Waals surface area (Å²) in [5, 5.41) is 8.57. The van der Waals surface area contributed by atoms with Crippen LogP contribution in [0.1, 0.15) is 13.8 Å². The highest BCUT2D eigenvalue weighted by Gasteiger charge is 2.26. The lowest BCUT2D eigenvalue weighted by Crippen LogP contribution is -2.49. The molecular formula is C18H19ClN6O3. The van der Waals surface area contributed by atoms with Crippen molar-refractivity contribution in [1.29, 1.82) is 0 Å². The van der Waals surface area contributed by atoms with Gasteiger partial charge in [0.25, 0.3) is 5.56 Å². The van der Waals surface area contributed by atoms with E-state index in [0.717, 1.165) is 0 Å². The Bertz CT molecular complexity index is 1070. The van der Waals surface area contributed by atoms with Gasteiger partial charge < -0.3 is 9.64 Å². The number of carbonyl (C=O) groups excluding carboxylic acids is 1. The molecule has 3 aromatic rings. The maximum Gasteiger partial charge on any atom is 0.284 e. The molecule has 10 heteroatoms. The molecule has 1 saturated heterocycles.